The van der Waals surface area contributed by atoms with Gasteiger partial charge in [0, 0.05) is 25.6 Å². The van der Waals surface area contributed by atoms with E-state index in [2.05, 4.69) is 57.9 Å². The Morgan fingerprint density at radius 3 is 2.63 bits per heavy atom. The molecule has 2 aromatic rings. The van der Waals surface area contributed by atoms with Crippen molar-refractivity contribution < 1.29 is 0 Å². The third-order valence-corrected chi connectivity index (χ3v) is 4.40. The molecule has 1 aromatic heterocycles. The number of halogens is 1. The molecule has 19 heavy (non-hydrogen) atoms. The van der Waals surface area contributed by atoms with Crippen LogP contribution in [0.5, 0.6) is 0 Å². The van der Waals surface area contributed by atoms with Gasteiger partial charge in [-0.25, -0.2) is 4.98 Å². The standard InChI is InChI=1S/C15H20BrN3/c1-10-5-6-12(9-11(10)2)14-15(16)19(4)13(18-14)7-8-17-3/h5-6,9,17H,7-8H2,1-4H3. The Bertz CT molecular complexity index is 587. The number of nitrogens with zero attached hydrogens (tertiary/aromatic N) is 2. The van der Waals surface area contributed by atoms with Crippen LogP contribution in [0.4, 0.5) is 0 Å². The average molecular weight is 322 g/mol. The smallest absolute Gasteiger partial charge is 0.112 e. The number of hydrogen-bond acceptors (Lipinski definition) is 2. The largest absolute Gasteiger partial charge is 0.325 e. The molecule has 2 rings (SSSR count). The molecule has 0 radical (unpaired) electrons. The quantitative estimate of drug-likeness (QED) is 0.937. The highest BCUT2D eigenvalue weighted by atomic mass is 79.9. The first-order valence-corrected chi connectivity index (χ1v) is 7.27. The van der Waals surface area contributed by atoms with Gasteiger partial charge in [0.2, 0.25) is 0 Å². The van der Waals surface area contributed by atoms with Gasteiger partial charge in [-0.05, 0) is 54.0 Å². The Morgan fingerprint density at radius 2 is 2.00 bits per heavy atom. The van der Waals surface area contributed by atoms with Crippen LogP contribution in [0.2, 0.25) is 0 Å². The molecule has 4 heteroatoms. The maximum atomic E-state index is 4.76. The summed E-state index contributed by atoms with van der Waals surface area (Å²) in [5.74, 6) is 1.09. The zero-order valence-corrected chi connectivity index (χ0v) is 13.5. The summed E-state index contributed by atoms with van der Waals surface area (Å²) in [6.45, 7) is 5.20. The highest BCUT2D eigenvalue weighted by Crippen LogP contribution is 2.29. The fourth-order valence-electron chi connectivity index (χ4n) is 2.06. The second-order valence-electron chi connectivity index (χ2n) is 4.88. The van der Waals surface area contributed by atoms with Crippen LogP contribution in [0.15, 0.2) is 22.8 Å². The lowest BCUT2D eigenvalue weighted by molar-refractivity contribution is 0.713. The van der Waals surface area contributed by atoms with E-state index in [1.165, 1.54) is 16.7 Å². The van der Waals surface area contributed by atoms with E-state index in [9.17, 15) is 0 Å². The summed E-state index contributed by atoms with van der Waals surface area (Å²) >= 11 is 3.65. The van der Waals surface area contributed by atoms with E-state index in [0.29, 0.717) is 0 Å². The van der Waals surface area contributed by atoms with Crippen molar-refractivity contribution in [1.82, 2.24) is 14.9 Å². The van der Waals surface area contributed by atoms with Gasteiger partial charge in [-0.1, -0.05) is 12.1 Å². The summed E-state index contributed by atoms with van der Waals surface area (Å²) in [6.07, 6.45) is 0.927. The van der Waals surface area contributed by atoms with Crippen LogP contribution in [-0.2, 0) is 13.5 Å². The van der Waals surface area contributed by atoms with Gasteiger partial charge in [0.25, 0.3) is 0 Å². The third kappa shape index (κ3) is 2.90. The lowest BCUT2D eigenvalue weighted by Crippen LogP contribution is -2.13. The van der Waals surface area contributed by atoms with Gasteiger partial charge in [-0.2, -0.15) is 0 Å². The number of rotatable bonds is 4. The fourth-order valence-corrected chi connectivity index (χ4v) is 2.58. The molecule has 0 aliphatic heterocycles. The van der Waals surface area contributed by atoms with Crippen molar-refractivity contribution in [3.63, 3.8) is 0 Å². The Labute approximate surface area is 123 Å². The lowest BCUT2D eigenvalue weighted by Gasteiger charge is -2.03. The molecule has 0 fully saturated rings. The Kier molecular flexibility index (Phi) is 4.42. The van der Waals surface area contributed by atoms with Crippen LogP contribution < -0.4 is 5.32 Å². The predicted molar refractivity (Wildman–Crippen MR) is 83.4 cm³/mol. The Balaban J connectivity index is 2.41. The van der Waals surface area contributed by atoms with Crippen LogP contribution in [0.1, 0.15) is 17.0 Å². The van der Waals surface area contributed by atoms with Gasteiger partial charge in [0.15, 0.2) is 0 Å². The highest BCUT2D eigenvalue weighted by Gasteiger charge is 2.14. The average Bonchev–Trinajstić information content (AvgIpc) is 2.67. The van der Waals surface area contributed by atoms with E-state index in [-0.39, 0.29) is 0 Å². The van der Waals surface area contributed by atoms with Crippen molar-refractivity contribution in [1.29, 1.82) is 0 Å². The van der Waals surface area contributed by atoms with Gasteiger partial charge in [-0.3, -0.25) is 0 Å². The summed E-state index contributed by atoms with van der Waals surface area (Å²) in [7, 11) is 4.01. The summed E-state index contributed by atoms with van der Waals surface area (Å²) in [5, 5.41) is 3.16. The van der Waals surface area contributed by atoms with Gasteiger partial charge >= 0.3 is 0 Å². The van der Waals surface area contributed by atoms with Gasteiger partial charge in [-0.15, -0.1) is 0 Å². The Morgan fingerprint density at radius 1 is 1.26 bits per heavy atom. The van der Waals surface area contributed by atoms with Crippen LogP contribution in [0.25, 0.3) is 11.3 Å². The molecule has 0 saturated heterocycles. The second-order valence-corrected chi connectivity index (χ2v) is 5.63. The first-order chi connectivity index (χ1) is 9.04. The van der Waals surface area contributed by atoms with E-state index in [4.69, 9.17) is 4.98 Å². The van der Waals surface area contributed by atoms with E-state index in [0.717, 1.165) is 29.1 Å². The van der Waals surface area contributed by atoms with Gasteiger partial charge in [0.05, 0.1) is 0 Å². The van der Waals surface area contributed by atoms with E-state index in [1.807, 2.05) is 14.1 Å². The molecule has 0 unspecified atom stereocenters. The minimum atomic E-state index is 0.927. The molecule has 1 heterocycles. The molecule has 102 valence electrons. The van der Waals surface area contributed by atoms with Crippen LogP contribution in [-0.4, -0.2) is 23.1 Å². The maximum absolute atomic E-state index is 4.76. The molecule has 0 spiro atoms. The number of aryl methyl sites for hydroxylation is 2. The molecule has 0 aliphatic carbocycles. The van der Waals surface area contributed by atoms with Crippen LogP contribution >= 0.6 is 15.9 Å². The van der Waals surface area contributed by atoms with Crippen molar-refractivity contribution in [2.45, 2.75) is 20.3 Å². The number of aromatic nitrogens is 2. The molecule has 0 amide bonds. The molecule has 3 nitrogen and oxygen atoms in total. The SMILES string of the molecule is CNCCc1nc(-c2ccc(C)c(C)c2)c(Br)n1C. The molecule has 1 N–H and O–H groups in total. The topological polar surface area (TPSA) is 29.9 Å². The normalized spacial score (nSPS) is 11.0. The van der Waals surface area contributed by atoms with Gasteiger partial charge in [0.1, 0.15) is 16.1 Å². The van der Waals surface area contributed by atoms with E-state index < -0.39 is 0 Å². The molecular formula is C15H20BrN3. The lowest BCUT2D eigenvalue weighted by atomic mass is 10.0. The van der Waals surface area contributed by atoms with Crippen molar-refractivity contribution in [3.8, 4) is 11.3 Å². The molecule has 0 aliphatic rings. The summed E-state index contributed by atoms with van der Waals surface area (Å²) in [5.41, 5.74) is 4.80. The molecular weight excluding hydrogens is 302 g/mol. The van der Waals surface area contributed by atoms with Crippen LogP contribution in [0, 0.1) is 13.8 Å². The minimum Gasteiger partial charge on any atom is -0.325 e. The molecule has 1 aromatic carbocycles. The number of benzene rings is 1. The third-order valence-electron chi connectivity index (χ3n) is 3.50. The molecule has 0 saturated carbocycles. The Hall–Kier alpha value is -1.13. The zero-order chi connectivity index (χ0) is 14.0. The monoisotopic (exact) mass is 321 g/mol. The number of likely N-dealkylation sites (N-methyl/N-ethyl adjacent to an activating group) is 1. The van der Waals surface area contributed by atoms with Crippen molar-refractivity contribution >= 4 is 15.9 Å². The first kappa shape index (κ1) is 14.3. The number of nitrogens with one attached hydrogen (secondary N) is 1. The highest BCUT2D eigenvalue weighted by molar-refractivity contribution is 9.10. The fraction of sp³-hybridized carbons (Fsp3) is 0.400. The van der Waals surface area contributed by atoms with E-state index in [1.54, 1.807) is 0 Å². The summed E-state index contributed by atoms with van der Waals surface area (Å²) < 4.78 is 3.16. The second kappa shape index (κ2) is 5.88. The van der Waals surface area contributed by atoms with Crippen molar-refractivity contribution in [3.05, 3.63) is 39.8 Å². The summed E-state index contributed by atoms with van der Waals surface area (Å²) in [6, 6.07) is 6.49. The number of imidazole rings is 1. The number of hydrogen-bond donors (Lipinski definition) is 1. The van der Waals surface area contributed by atoms with Crippen molar-refractivity contribution in [2.75, 3.05) is 13.6 Å². The summed E-state index contributed by atoms with van der Waals surface area (Å²) in [4.78, 5) is 4.76. The predicted octanol–water partition coefficient (Wildman–Crippen LogP) is 3.23. The van der Waals surface area contributed by atoms with E-state index >= 15 is 0 Å². The van der Waals surface area contributed by atoms with Gasteiger partial charge < -0.3 is 9.88 Å². The molecule has 0 atom stereocenters. The van der Waals surface area contributed by atoms with Crippen molar-refractivity contribution in [2.24, 2.45) is 7.05 Å². The zero-order valence-electron chi connectivity index (χ0n) is 11.9. The maximum Gasteiger partial charge on any atom is 0.112 e. The molecule has 0 bridgehead atoms. The minimum absolute atomic E-state index is 0.927. The van der Waals surface area contributed by atoms with Crippen LogP contribution in [0.3, 0.4) is 0 Å². The first-order valence-electron chi connectivity index (χ1n) is 6.48.